The summed E-state index contributed by atoms with van der Waals surface area (Å²) in [6.07, 6.45) is 0.222. The van der Waals surface area contributed by atoms with Crippen molar-refractivity contribution >= 4 is 5.97 Å². The normalized spacial score (nSPS) is 12.1. The van der Waals surface area contributed by atoms with Crippen LogP contribution in [0.15, 0.2) is 18.2 Å². The lowest BCUT2D eigenvalue weighted by atomic mass is 10.1. The first kappa shape index (κ1) is 14.3. The largest absolute Gasteiger partial charge is 0.504 e. The third kappa shape index (κ3) is 4.23. The maximum absolute atomic E-state index is 11.5. The molecule has 0 bridgehead atoms. The van der Waals surface area contributed by atoms with Crippen LogP contribution in [0.3, 0.4) is 0 Å². The topological polar surface area (TPSA) is 102 Å². The Hall–Kier alpha value is -1.79. The lowest BCUT2D eigenvalue weighted by Crippen LogP contribution is -2.35. The van der Waals surface area contributed by atoms with Crippen LogP contribution in [0.1, 0.15) is 5.56 Å². The van der Waals surface area contributed by atoms with Gasteiger partial charge in [0.1, 0.15) is 12.6 Å². The van der Waals surface area contributed by atoms with Crippen molar-refractivity contribution in [3.8, 4) is 11.5 Å². The Labute approximate surface area is 105 Å². The van der Waals surface area contributed by atoms with Crippen LogP contribution in [-0.2, 0) is 20.7 Å². The molecule has 4 N–H and O–H groups in total. The summed E-state index contributed by atoms with van der Waals surface area (Å²) in [6, 6.07) is 3.47. The molecule has 0 aromatic heterocycles. The maximum atomic E-state index is 11.5. The number of hydrogen-bond donors (Lipinski definition) is 3. The Morgan fingerprint density at radius 1 is 1.33 bits per heavy atom. The highest BCUT2D eigenvalue weighted by molar-refractivity contribution is 5.75. The van der Waals surface area contributed by atoms with E-state index in [2.05, 4.69) is 0 Å². The van der Waals surface area contributed by atoms with Gasteiger partial charge in [0.25, 0.3) is 0 Å². The van der Waals surface area contributed by atoms with Crippen molar-refractivity contribution in [1.82, 2.24) is 0 Å². The molecule has 0 saturated carbocycles. The smallest absolute Gasteiger partial charge is 0.323 e. The number of carbonyl (C=O) groups is 1. The number of carbonyl (C=O) groups excluding carboxylic acids is 1. The van der Waals surface area contributed by atoms with E-state index in [1.165, 1.54) is 19.2 Å². The number of phenols is 2. The second kappa shape index (κ2) is 6.83. The zero-order valence-corrected chi connectivity index (χ0v) is 10.1. The lowest BCUT2D eigenvalue weighted by Gasteiger charge is -2.11. The zero-order valence-electron chi connectivity index (χ0n) is 10.1. The van der Waals surface area contributed by atoms with Crippen molar-refractivity contribution < 1.29 is 24.5 Å². The summed E-state index contributed by atoms with van der Waals surface area (Å²) >= 11 is 0. The van der Waals surface area contributed by atoms with Gasteiger partial charge in [-0.2, -0.15) is 0 Å². The monoisotopic (exact) mass is 255 g/mol. The molecule has 0 spiro atoms. The Morgan fingerprint density at radius 3 is 2.67 bits per heavy atom. The molecule has 1 atom stereocenters. The van der Waals surface area contributed by atoms with Gasteiger partial charge < -0.3 is 25.4 Å². The molecule has 0 amide bonds. The molecule has 0 aliphatic heterocycles. The standard InChI is InChI=1S/C12H17NO5/c1-17-4-5-18-12(16)9(13)6-8-2-3-10(14)11(15)7-8/h2-3,7,9,14-15H,4-6,13H2,1H3/t9-/m0/s1. The molecule has 6 heteroatoms. The molecule has 0 unspecified atom stereocenters. The highest BCUT2D eigenvalue weighted by Gasteiger charge is 2.16. The van der Waals surface area contributed by atoms with Crippen LogP contribution in [-0.4, -0.2) is 42.5 Å². The number of methoxy groups -OCH3 is 1. The number of phenolic OH excluding ortho intramolecular Hbond substituents is 2. The number of hydrogen-bond acceptors (Lipinski definition) is 6. The molecule has 6 nitrogen and oxygen atoms in total. The molecular formula is C12H17NO5. The molecule has 1 aromatic carbocycles. The van der Waals surface area contributed by atoms with E-state index in [1.54, 1.807) is 6.07 Å². The second-order valence-corrected chi connectivity index (χ2v) is 3.79. The average molecular weight is 255 g/mol. The fraction of sp³-hybridized carbons (Fsp3) is 0.417. The van der Waals surface area contributed by atoms with Gasteiger partial charge in [-0.1, -0.05) is 6.07 Å². The third-order valence-corrected chi connectivity index (χ3v) is 2.33. The van der Waals surface area contributed by atoms with Gasteiger partial charge in [-0.3, -0.25) is 4.79 Å². The second-order valence-electron chi connectivity index (χ2n) is 3.79. The van der Waals surface area contributed by atoms with Crippen LogP contribution in [0.5, 0.6) is 11.5 Å². The minimum absolute atomic E-state index is 0.157. The molecule has 0 heterocycles. The molecule has 0 aliphatic rings. The minimum Gasteiger partial charge on any atom is -0.504 e. The summed E-state index contributed by atoms with van der Waals surface area (Å²) in [5.41, 5.74) is 6.30. The Balaban J connectivity index is 2.50. The Kier molecular flexibility index (Phi) is 5.41. The number of aromatic hydroxyl groups is 2. The van der Waals surface area contributed by atoms with Crippen molar-refractivity contribution in [3.63, 3.8) is 0 Å². The summed E-state index contributed by atoms with van der Waals surface area (Å²) in [5, 5.41) is 18.4. The minimum atomic E-state index is -0.814. The van der Waals surface area contributed by atoms with E-state index in [0.717, 1.165) is 0 Å². The highest BCUT2D eigenvalue weighted by atomic mass is 16.6. The van der Waals surface area contributed by atoms with Crippen molar-refractivity contribution in [2.24, 2.45) is 5.73 Å². The Bertz CT molecular complexity index is 407. The summed E-state index contributed by atoms with van der Waals surface area (Å²) in [6.45, 7) is 0.475. The van der Waals surface area contributed by atoms with Gasteiger partial charge in [0, 0.05) is 7.11 Å². The number of ether oxygens (including phenoxy) is 2. The van der Waals surface area contributed by atoms with Gasteiger partial charge in [0.05, 0.1) is 6.61 Å². The van der Waals surface area contributed by atoms with Crippen LogP contribution in [0, 0.1) is 0 Å². The van der Waals surface area contributed by atoms with E-state index in [9.17, 15) is 9.90 Å². The predicted molar refractivity (Wildman–Crippen MR) is 64.3 cm³/mol. The zero-order chi connectivity index (χ0) is 13.5. The summed E-state index contributed by atoms with van der Waals surface area (Å²) in [5.74, 6) is -0.984. The van der Waals surface area contributed by atoms with Gasteiger partial charge in [-0.05, 0) is 24.1 Å². The van der Waals surface area contributed by atoms with E-state index >= 15 is 0 Å². The highest BCUT2D eigenvalue weighted by Crippen LogP contribution is 2.25. The van der Waals surface area contributed by atoms with Crippen LogP contribution in [0.4, 0.5) is 0 Å². The first-order valence-corrected chi connectivity index (χ1v) is 5.46. The fourth-order valence-electron chi connectivity index (χ4n) is 1.37. The van der Waals surface area contributed by atoms with Crippen molar-refractivity contribution in [1.29, 1.82) is 0 Å². The van der Waals surface area contributed by atoms with Crippen molar-refractivity contribution in [2.75, 3.05) is 20.3 Å². The lowest BCUT2D eigenvalue weighted by molar-refractivity contribution is -0.146. The van der Waals surface area contributed by atoms with Gasteiger partial charge in [0.15, 0.2) is 11.5 Å². The molecule has 100 valence electrons. The molecule has 0 fully saturated rings. The first-order chi connectivity index (χ1) is 8.54. The molecule has 18 heavy (non-hydrogen) atoms. The van der Waals surface area contributed by atoms with E-state index in [1.807, 2.05) is 0 Å². The van der Waals surface area contributed by atoms with Crippen LogP contribution < -0.4 is 5.73 Å². The van der Waals surface area contributed by atoms with Crippen molar-refractivity contribution in [3.05, 3.63) is 23.8 Å². The summed E-state index contributed by atoms with van der Waals surface area (Å²) < 4.78 is 9.61. The van der Waals surface area contributed by atoms with E-state index in [4.69, 9.17) is 20.3 Å². The predicted octanol–water partition coefficient (Wildman–Crippen LogP) is 0.157. The molecule has 1 rings (SSSR count). The maximum Gasteiger partial charge on any atom is 0.323 e. The number of esters is 1. The summed E-state index contributed by atoms with van der Waals surface area (Å²) in [4.78, 5) is 11.5. The Morgan fingerprint density at radius 2 is 2.06 bits per heavy atom. The molecule has 1 aromatic rings. The summed E-state index contributed by atoms with van der Waals surface area (Å²) in [7, 11) is 1.51. The molecule has 0 aliphatic carbocycles. The number of nitrogens with two attached hydrogens (primary N) is 1. The van der Waals surface area contributed by atoms with Crippen LogP contribution >= 0.6 is 0 Å². The average Bonchev–Trinajstić information content (AvgIpc) is 2.34. The molecule has 0 radical (unpaired) electrons. The SMILES string of the molecule is COCCOC(=O)[C@@H](N)Cc1ccc(O)c(O)c1. The van der Waals surface area contributed by atoms with E-state index < -0.39 is 12.0 Å². The number of rotatable bonds is 6. The fourth-order valence-corrected chi connectivity index (χ4v) is 1.37. The molecule has 0 saturated heterocycles. The van der Waals surface area contributed by atoms with E-state index in [0.29, 0.717) is 12.2 Å². The third-order valence-electron chi connectivity index (χ3n) is 2.33. The van der Waals surface area contributed by atoms with Crippen LogP contribution in [0.2, 0.25) is 0 Å². The quantitative estimate of drug-likeness (QED) is 0.380. The number of benzene rings is 1. The van der Waals surface area contributed by atoms with Gasteiger partial charge in [-0.25, -0.2) is 0 Å². The first-order valence-electron chi connectivity index (χ1n) is 5.46. The van der Waals surface area contributed by atoms with Gasteiger partial charge in [0.2, 0.25) is 0 Å². The van der Waals surface area contributed by atoms with Gasteiger partial charge in [-0.15, -0.1) is 0 Å². The van der Waals surface area contributed by atoms with Crippen molar-refractivity contribution in [2.45, 2.75) is 12.5 Å². The molecular weight excluding hydrogens is 238 g/mol. The van der Waals surface area contributed by atoms with E-state index in [-0.39, 0.29) is 24.5 Å². The van der Waals surface area contributed by atoms with Crippen LogP contribution in [0.25, 0.3) is 0 Å². The van der Waals surface area contributed by atoms with Gasteiger partial charge >= 0.3 is 5.97 Å².